The third-order valence-electron chi connectivity index (χ3n) is 2.80. The highest BCUT2D eigenvalue weighted by atomic mass is 79.9. The highest BCUT2D eigenvalue weighted by Gasteiger charge is 2.06. The predicted octanol–water partition coefficient (Wildman–Crippen LogP) is 4.08. The van der Waals surface area contributed by atoms with Gasteiger partial charge in [0.05, 0.1) is 6.54 Å². The van der Waals surface area contributed by atoms with Gasteiger partial charge in [-0.2, -0.15) is 0 Å². The van der Waals surface area contributed by atoms with Gasteiger partial charge in [0, 0.05) is 26.7 Å². The smallest absolute Gasteiger partial charge is 0.239 e. The van der Waals surface area contributed by atoms with Crippen molar-refractivity contribution >= 4 is 43.5 Å². The minimum absolute atomic E-state index is 0.120. The van der Waals surface area contributed by atoms with E-state index in [0.717, 1.165) is 14.6 Å². The molecule has 2 aromatic carbocycles. The van der Waals surface area contributed by atoms with E-state index in [1.54, 1.807) is 18.2 Å². The molecule has 21 heavy (non-hydrogen) atoms. The number of hydrogen-bond donors (Lipinski definition) is 2. The fourth-order valence-electron chi connectivity index (χ4n) is 1.71. The average Bonchev–Trinajstić information content (AvgIpc) is 2.45. The van der Waals surface area contributed by atoms with Crippen LogP contribution >= 0.6 is 31.9 Å². The zero-order valence-electron chi connectivity index (χ0n) is 11.0. The van der Waals surface area contributed by atoms with E-state index in [4.69, 9.17) is 0 Å². The molecular weight excluding hydrogens is 403 g/mol. The molecule has 0 aliphatic heterocycles. The highest BCUT2D eigenvalue weighted by molar-refractivity contribution is 9.11. The van der Waals surface area contributed by atoms with Gasteiger partial charge in [0.2, 0.25) is 5.91 Å². The van der Waals surface area contributed by atoms with E-state index in [2.05, 4.69) is 42.5 Å². The van der Waals surface area contributed by atoms with Crippen LogP contribution in [-0.4, -0.2) is 12.5 Å². The van der Waals surface area contributed by atoms with Crippen molar-refractivity contribution in [2.24, 2.45) is 0 Å². The maximum atomic E-state index is 13.4. The van der Waals surface area contributed by atoms with E-state index in [9.17, 15) is 9.18 Å². The lowest BCUT2D eigenvalue weighted by molar-refractivity contribution is -0.119. The van der Waals surface area contributed by atoms with Gasteiger partial charge in [-0.1, -0.05) is 34.1 Å². The van der Waals surface area contributed by atoms with Gasteiger partial charge in [0.1, 0.15) is 5.82 Å². The van der Waals surface area contributed by atoms with Crippen LogP contribution in [0.25, 0.3) is 0 Å². The third kappa shape index (κ3) is 4.82. The van der Waals surface area contributed by atoms with Crippen LogP contribution in [0.2, 0.25) is 0 Å². The molecule has 6 heteroatoms. The summed E-state index contributed by atoms with van der Waals surface area (Å²) < 4.78 is 15.2. The molecule has 2 N–H and O–H groups in total. The summed E-state index contributed by atoms with van der Waals surface area (Å²) in [6.45, 7) is 0.295. The SMILES string of the molecule is O=C(CNc1ccc(Br)cc1Br)NCc1ccccc1F. The number of carbonyl (C=O) groups is 1. The van der Waals surface area contributed by atoms with Crippen LogP contribution in [0.3, 0.4) is 0 Å². The van der Waals surface area contributed by atoms with Gasteiger partial charge in [0.25, 0.3) is 0 Å². The molecular formula is C15H13Br2FN2O. The zero-order chi connectivity index (χ0) is 15.2. The number of amides is 1. The largest absolute Gasteiger partial charge is 0.375 e. The van der Waals surface area contributed by atoms with Crippen LogP contribution < -0.4 is 10.6 Å². The minimum Gasteiger partial charge on any atom is -0.375 e. The van der Waals surface area contributed by atoms with E-state index in [0.29, 0.717) is 5.56 Å². The first-order valence-corrected chi connectivity index (χ1v) is 7.84. The summed E-state index contributed by atoms with van der Waals surface area (Å²) in [5.41, 5.74) is 1.29. The van der Waals surface area contributed by atoms with E-state index in [-0.39, 0.29) is 24.8 Å². The first kappa shape index (κ1) is 16.0. The number of hydrogen-bond acceptors (Lipinski definition) is 2. The standard InChI is InChI=1S/C15H13Br2FN2O/c16-11-5-6-14(12(17)7-11)19-9-15(21)20-8-10-3-1-2-4-13(10)18/h1-7,19H,8-9H2,(H,20,21). The van der Waals surface area contributed by atoms with Crippen LogP contribution in [0.4, 0.5) is 10.1 Å². The van der Waals surface area contributed by atoms with Gasteiger partial charge in [0.15, 0.2) is 0 Å². The molecule has 0 fully saturated rings. The molecule has 2 aromatic rings. The summed E-state index contributed by atoms with van der Waals surface area (Å²) in [4.78, 5) is 11.8. The van der Waals surface area contributed by atoms with Crippen molar-refractivity contribution in [3.05, 3.63) is 62.8 Å². The van der Waals surface area contributed by atoms with Crippen LogP contribution in [0.1, 0.15) is 5.56 Å². The lowest BCUT2D eigenvalue weighted by Crippen LogP contribution is -2.29. The summed E-state index contributed by atoms with van der Waals surface area (Å²) in [7, 11) is 0. The first-order valence-electron chi connectivity index (χ1n) is 6.25. The fourth-order valence-corrected chi connectivity index (χ4v) is 2.89. The number of rotatable bonds is 5. The van der Waals surface area contributed by atoms with Crippen molar-refractivity contribution in [3.8, 4) is 0 Å². The lowest BCUT2D eigenvalue weighted by Gasteiger charge is -2.10. The average molecular weight is 416 g/mol. The number of carbonyl (C=O) groups excluding carboxylic acids is 1. The van der Waals surface area contributed by atoms with Crippen LogP contribution in [-0.2, 0) is 11.3 Å². The molecule has 110 valence electrons. The summed E-state index contributed by atoms with van der Waals surface area (Å²) in [6, 6.07) is 12.0. The Labute approximate surface area is 139 Å². The molecule has 0 aliphatic rings. The Morgan fingerprint density at radius 2 is 1.90 bits per heavy atom. The van der Waals surface area contributed by atoms with E-state index >= 15 is 0 Å². The Morgan fingerprint density at radius 1 is 1.14 bits per heavy atom. The molecule has 1 amide bonds. The van der Waals surface area contributed by atoms with Gasteiger partial charge in [-0.3, -0.25) is 4.79 Å². The second kappa shape index (κ2) is 7.56. The normalized spacial score (nSPS) is 10.2. The first-order chi connectivity index (χ1) is 10.1. The van der Waals surface area contributed by atoms with E-state index in [1.807, 2.05) is 18.2 Å². The van der Waals surface area contributed by atoms with Crippen molar-refractivity contribution in [1.82, 2.24) is 5.32 Å². The maximum Gasteiger partial charge on any atom is 0.239 e. The molecule has 0 radical (unpaired) electrons. The van der Waals surface area contributed by atoms with E-state index in [1.165, 1.54) is 6.07 Å². The third-order valence-corrected chi connectivity index (χ3v) is 3.95. The van der Waals surface area contributed by atoms with E-state index < -0.39 is 0 Å². The summed E-state index contributed by atoms with van der Waals surface area (Å²) in [5, 5.41) is 5.69. The van der Waals surface area contributed by atoms with Crippen molar-refractivity contribution in [2.75, 3.05) is 11.9 Å². The Balaban J connectivity index is 1.84. The van der Waals surface area contributed by atoms with Crippen molar-refractivity contribution < 1.29 is 9.18 Å². The monoisotopic (exact) mass is 414 g/mol. The highest BCUT2D eigenvalue weighted by Crippen LogP contribution is 2.25. The van der Waals surface area contributed by atoms with Gasteiger partial charge < -0.3 is 10.6 Å². The van der Waals surface area contributed by atoms with Gasteiger partial charge in [-0.15, -0.1) is 0 Å². The Kier molecular flexibility index (Phi) is 5.76. The molecule has 0 unspecified atom stereocenters. The van der Waals surface area contributed by atoms with Crippen LogP contribution in [0, 0.1) is 5.82 Å². The van der Waals surface area contributed by atoms with Crippen molar-refractivity contribution in [1.29, 1.82) is 0 Å². The lowest BCUT2D eigenvalue weighted by atomic mass is 10.2. The molecule has 0 saturated carbocycles. The molecule has 0 heterocycles. The maximum absolute atomic E-state index is 13.4. The van der Waals surface area contributed by atoms with Gasteiger partial charge in [-0.05, 0) is 40.2 Å². The summed E-state index contributed by atoms with van der Waals surface area (Å²) in [5.74, 6) is -0.519. The zero-order valence-corrected chi connectivity index (χ0v) is 14.2. The van der Waals surface area contributed by atoms with Crippen LogP contribution in [0.15, 0.2) is 51.4 Å². The number of halogens is 3. The Hall–Kier alpha value is -1.40. The van der Waals surface area contributed by atoms with Crippen molar-refractivity contribution in [2.45, 2.75) is 6.54 Å². The predicted molar refractivity (Wildman–Crippen MR) is 88.6 cm³/mol. The topological polar surface area (TPSA) is 41.1 Å². The molecule has 0 saturated heterocycles. The molecule has 0 aliphatic carbocycles. The Morgan fingerprint density at radius 3 is 2.62 bits per heavy atom. The number of anilines is 1. The molecule has 0 bridgehead atoms. The fraction of sp³-hybridized carbons (Fsp3) is 0.133. The second-order valence-corrected chi connectivity index (χ2v) is 6.12. The number of nitrogens with one attached hydrogen (secondary N) is 2. The summed E-state index contributed by atoms with van der Waals surface area (Å²) >= 11 is 6.77. The van der Waals surface area contributed by atoms with Crippen LogP contribution in [0.5, 0.6) is 0 Å². The second-order valence-electron chi connectivity index (χ2n) is 4.35. The molecule has 0 aromatic heterocycles. The quantitative estimate of drug-likeness (QED) is 0.772. The Bertz CT molecular complexity index is 649. The summed E-state index contributed by atoms with van der Waals surface area (Å²) in [6.07, 6.45) is 0. The molecule has 0 spiro atoms. The molecule has 2 rings (SSSR count). The van der Waals surface area contributed by atoms with Gasteiger partial charge in [-0.25, -0.2) is 4.39 Å². The minimum atomic E-state index is -0.318. The van der Waals surface area contributed by atoms with Gasteiger partial charge >= 0.3 is 0 Å². The molecule has 0 atom stereocenters. The number of benzene rings is 2. The molecule has 3 nitrogen and oxygen atoms in total. The van der Waals surface area contributed by atoms with Crippen molar-refractivity contribution in [3.63, 3.8) is 0 Å².